The van der Waals surface area contributed by atoms with E-state index in [1.165, 1.54) is 11.3 Å². The van der Waals surface area contributed by atoms with Crippen molar-refractivity contribution >= 4 is 46.0 Å². The second-order valence-electron chi connectivity index (χ2n) is 8.35. The number of esters is 1. The second-order valence-corrected chi connectivity index (χ2v) is 10.5. The molecule has 0 amide bonds. The van der Waals surface area contributed by atoms with Crippen molar-refractivity contribution < 1.29 is 19.0 Å². The van der Waals surface area contributed by atoms with E-state index in [1.807, 2.05) is 43.3 Å². The molecule has 1 atom stereocenters. The highest BCUT2D eigenvalue weighted by Gasteiger charge is 2.33. The molecule has 0 fully saturated rings. The molecule has 9 heteroatoms. The third kappa shape index (κ3) is 5.42. The van der Waals surface area contributed by atoms with Crippen LogP contribution in [0.1, 0.15) is 36.6 Å². The van der Waals surface area contributed by atoms with Crippen LogP contribution < -0.4 is 24.4 Å². The maximum atomic E-state index is 13.8. The molecule has 2 heterocycles. The number of benzene rings is 2. The molecule has 3 aromatic rings. The van der Waals surface area contributed by atoms with Crippen LogP contribution in [0.15, 0.2) is 70.1 Å². The van der Waals surface area contributed by atoms with E-state index in [4.69, 9.17) is 14.2 Å². The summed E-state index contributed by atoms with van der Waals surface area (Å²) in [5, 5.41) is 0. The molecular weight excluding hydrogens is 603 g/mol. The Bertz CT molecular complexity index is 1570. The molecule has 37 heavy (non-hydrogen) atoms. The van der Waals surface area contributed by atoms with Crippen molar-refractivity contribution in [3.8, 4) is 11.5 Å². The molecule has 4 rings (SSSR count). The number of hydrogen-bond donors (Lipinski definition) is 0. The van der Waals surface area contributed by atoms with Gasteiger partial charge in [-0.05, 0) is 72.7 Å². The van der Waals surface area contributed by atoms with Crippen LogP contribution in [0.25, 0.3) is 6.08 Å². The number of halogens is 1. The number of ether oxygens (including phenoxy) is 3. The van der Waals surface area contributed by atoms with Crippen LogP contribution in [0.2, 0.25) is 0 Å². The number of aromatic nitrogens is 1. The normalized spacial score (nSPS) is 15.2. The highest BCUT2D eigenvalue weighted by Crippen LogP contribution is 2.34. The van der Waals surface area contributed by atoms with Crippen molar-refractivity contribution in [3.05, 3.63) is 100 Å². The van der Waals surface area contributed by atoms with E-state index in [0.717, 1.165) is 20.3 Å². The van der Waals surface area contributed by atoms with E-state index in [-0.39, 0.29) is 12.2 Å². The van der Waals surface area contributed by atoms with Crippen LogP contribution in [0.5, 0.6) is 11.5 Å². The summed E-state index contributed by atoms with van der Waals surface area (Å²) < 4.78 is 19.6. The Morgan fingerprint density at radius 2 is 1.97 bits per heavy atom. The highest BCUT2D eigenvalue weighted by molar-refractivity contribution is 14.1. The summed E-state index contributed by atoms with van der Waals surface area (Å²) in [5.74, 6) is 0.708. The number of thiazole rings is 1. The first-order valence-corrected chi connectivity index (χ1v) is 13.6. The molecule has 0 radical (unpaired) electrons. The Balaban J connectivity index is 1.90. The van der Waals surface area contributed by atoms with Crippen molar-refractivity contribution in [2.45, 2.75) is 26.8 Å². The molecule has 192 valence electrons. The van der Waals surface area contributed by atoms with Gasteiger partial charge in [-0.3, -0.25) is 9.36 Å². The van der Waals surface area contributed by atoms with Crippen molar-refractivity contribution in [2.75, 3.05) is 20.3 Å². The van der Waals surface area contributed by atoms with E-state index in [2.05, 4.69) is 34.2 Å². The van der Waals surface area contributed by atoms with Crippen molar-refractivity contribution in [3.63, 3.8) is 0 Å². The molecule has 1 aliphatic heterocycles. The molecule has 0 unspecified atom stereocenters. The van der Waals surface area contributed by atoms with Gasteiger partial charge >= 0.3 is 5.97 Å². The predicted octanol–water partition coefficient (Wildman–Crippen LogP) is 4.28. The summed E-state index contributed by atoms with van der Waals surface area (Å²) in [4.78, 5) is 31.9. The van der Waals surface area contributed by atoms with Gasteiger partial charge < -0.3 is 14.2 Å². The Hall–Kier alpha value is -3.18. The third-order valence-corrected chi connectivity index (χ3v) is 7.59. The van der Waals surface area contributed by atoms with Gasteiger partial charge in [-0.2, -0.15) is 0 Å². The number of rotatable bonds is 8. The summed E-state index contributed by atoms with van der Waals surface area (Å²) in [6.45, 7) is 9.80. The Labute approximate surface area is 232 Å². The Kier molecular flexibility index (Phi) is 8.33. The second kappa shape index (κ2) is 11.5. The van der Waals surface area contributed by atoms with Gasteiger partial charge in [0.25, 0.3) is 5.56 Å². The summed E-state index contributed by atoms with van der Waals surface area (Å²) in [5.41, 5.74) is 3.35. The van der Waals surface area contributed by atoms with Gasteiger partial charge in [-0.25, -0.2) is 9.79 Å². The zero-order chi connectivity index (χ0) is 26.7. The fourth-order valence-electron chi connectivity index (χ4n) is 4.11. The first kappa shape index (κ1) is 26.9. The highest BCUT2D eigenvalue weighted by atomic mass is 127. The molecule has 0 spiro atoms. The fourth-order valence-corrected chi connectivity index (χ4v) is 5.94. The Morgan fingerprint density at radius 3 is 2.62 bits per heavy atom. The van der Waals surface area contributed by atoms with Gasteiger partial charge in [0.1, 0.15) is 6.61 Å². The minimum absolute atomic E-state index is 0.230. The van der Waals surface area contributed by atoms with E-state index in [1.54, 1.807) is 37.7 Å². The minimum Gasteiger partial charge on any atom is -0.493 e. The molecule has 0 bridgehead atoms. The van der Waals surface area contributed by atoms with Crippen LogP contribution in [-0.2, 0) is 9.53 Å². The number of carbonyl (C=O) groups is 1. The standard InChI is InChI=1S/C28H27IN2O5S/c1-6-12-36-25-20(29)13-18(14-21(25)34-5)15-22-26(32)31-24(19-10-8-16(3)9-11-19)23(27(33)35-7-2)17(4)30-28(31)37-22/h6,8-11,13-15,24H,1,7,12H2,2-5H3/b22-15-/t24-/m0/s1. The zero-order valence-corrected chi connectivity index (χ0v) is 24.0. The quantitative estimate of drug-likeness (QED) is 0.211. The number of allylic oxidation sites excluding steroid dienone is 1. The molecule has 2 aromatic carbocycles. The van der Waals surface area contributed by atoms with Gasteiger partial charge in [0, 0.05) is 0 Å². The number of aryl methyl sites for hydroxylation is 1. The van der Waals surface area contributed by atoms with Crippen molar-refractivity contribution in [1.82, 2.24) is 4.57 Å². The lowest BCUT2D eigenvalue weighted by molar-refractivity contribution is -0.139. The molecule has 1 aliphatic rings. The lowest BCUT2D eigenvalue weighted by Crippen LogP contribution is -2.39. The molecule has 1 aromatic heterocycles. The molecule has 0 saturated heterocycles. The maximum Gasteiger partial charge on any atom is 0.338 e. The first-order chi connectivity index (χ1) is 17.8. The minimum atomic E-state index is -0.637. The fraction of sp³-hybridized carbons (Fsp3) is 0.250. The van der Waals surface area contributed by atoms with Gasteiger partial charge in [-0.15, -0.1) is 0 Å². The lowest BCUT2D eigenvalue weighted by atomic mass is 9.95. The van der Waals surface area contributed by atoms with Gasteiger partial charge in [-0.1, -0.05) is 53.8 Å². The monoisotopic (exact) mass is 630 g/mol. The number of carbonyl (C=O) groups excluding carboxylic acids is 1. The van der Waals surface area contributed by atoms with Crippen LogP contribution in [0.4, 0.5) is 0 Å². The molecular formula is C28H27IN2O5S. The largest absolute Gasteiger partial charge is 0.493 e. The molecule has 0 aliphatic carbocycles. The van der Waals surface area contributed by atoms with Crippen molar-refractivity contribution in [1.29, 1.82) is 0 Å². The van der Waals surface area contributed by atoms with E-state index in [0.29, 0.717) is 38.7 Å². The third-order valence-electron chi connectivity index (χ3n) is 5.81. The average molecular weight is 631 g/mol. The van der Waals surface area contributed by atoms with Crippen LogP contribution >= 0.6 is 33.9 Å². The van der Waals surface area contributed by atoms with Crippen molar-refractivity contribution in [2.24, 2.45) is 4.99 Å². The zero-order valence-electron chi connectivity index (χ0n) is 21.0. The van der Waals surface area contributed by atoms with Crippen LogP contribution in [0.3, 0.4) is 0 Å². The van der Waals surface area contributed by atoms with E-state index in [9.17, 15) is 9.59 Å². The van der Waals surface area contributed by atoms with Gasteiger partial charge in [0.05, 0.1) is 39.1 Å². The smallest absolute Gasteiger partial charge is 0.338 e. The molecule has 7 nitrogen and oxygen atoms in total. The summed E-state index contributed by atoms with van der Waals surface area (Å²) in [6.07, 6.45) is 3.47. The van der Waals surface area contributed by atoms with Gasteiger partial charge in [0.15, 0.2) is 16.3 Å². The number of fused-ring (bicyclic) bond motifs is 1. The SMILES string of the molecule is C=CCOc1c(I)cc(/C=c2\sc3n(c2=O)[C@@H](c2ccc(C)cc2)C(C(=O)OCC)=C(C)N=3)cc1OC. The number of nitrogens with zero attached hydrogens (tertiary/aromatic N) is 2. The van der Waals surface area contributed by atoms with Crippen LogP contribution in [0, 0.1) is 10.5 Å². The number of hydrogen-bond acceptors (Lipinski definition) is 7. The lowest BCUT2D eigenvalue weighted by Gasteiger charge is -2.24. The van der Waals surface area contributed by atoms with E-state index < -0.39 is 12.0 Å². The molecule has 0 N–H and O–H groups in total. The first-order valence-electron chi connectivity index (χ1n) is 11.7. The summed E-state index contributed by atoms with van der Waals surface area (Å²) in [7, 11) is 1.57. The molecule has 0 saturated carbocycles. The number of methoxy groups -OCH3 is 1. The topological polar surface area (TPSA) is 79.1 Å². The summed E-state index contributed by atoms with van der Waals surface area (Å²) in [6, 6.07) is 10.9. The maximum absolute atomic E-state index is 13.8. The predicted molar refractivity (Wildman–Crippen MR) is 153 cm³/mol. The van der Waals surface area contributed by atoms with E-state index >= 15 is 0 Å². The van der Waals surface area contributed by atoms with Gasteiger partial charge in [0.2, 0.25) is 0 Å². The average Bonchev–Trinajstić information content (AvgIpc) is 3.17. The Morgan fingerprint density at radius 1 is 1.24 bits per heavy atom. The summed E-state index contributed by atoms with van der Waals surface area (Å²) >= 11 is 3.46. The van der Waals surface area contributed by atoms with Crippen LogP contribution in [-0.4, -0.2) is 30.9 Å².